The third kappa shape index (κ3) is 3.05. The van der Waals surface area contributed by atoms with E-state index in [-0.39, 0.29) is 0 Å². The Balaban J connectivity index is 1.65. The molecular weight excluding hydrogens is 265 g/mol. The Morgan fingerprint density at radius 3 is 2.84 bits per heavy atom. The van der Waals surface area contributed by atoms with Gasteiger partial charge in [0, 0.05) is 12.5 Å². The summed E-state index contributed by atoms with van der Waals surface area (Å²) >= 11 is 0. The molecular formula is C13H22NO4P. The number of phosphoric acid groups is 1. The zero-order chi connectivity index (χ0) is 13.3. The molecule has 2 aliphatic heterocycles. The highest BCUT2D eigenvalue weighted by molar-refractivity contribution is 7.48. The first-order chi connectivity index (χ1) is 9.16. The van der Waals surface area contributed by atoms with Crippen molar-refractivity contribution in [2.75, 3.05) is 26.8 Å². The van der Waals surface area contributed by atoms with E-state index >= 15 is 0 Å². The summed E-state index contributed by atoms with van der Waals surface area (Å²) in [5, 5.41) is 0. The maximum atomic E-state index is 12.4. The van der Waals surface area contributed by atoms with Crippen LogP contribution < -0.4 is 0 Å². The Bertz CT molecular complexity index is 399. The van der Waals surface area contributed by atoms with Crippen LogP contribution in [0.5, 0.6) is 0 Å². The summed E-state index contributed by atoms with van der Waals surface area (Å²) in [6, 6.07) is 0.513. The Hall–Kier alpha value is -0.350. The van der Waals surface area contributed by atoms with E-state index in [1.165, 1.54) is 6.42 Å². The lowest BCUT2D eigenvalue weighted by Gasteiger charge is -2.30. The smallest absolute Gasteiger partial charge is 0.409 e. The van der Waals surface area contributed by atoms with Crippen molar-refractivity contribution in [1.29, 1.82) is 0 Å². The molecule has 6 heteroatoms. The van der Waals surface area contributed by atoms with Gasteiger partial charge in [0.25, 0.3) is 0 Å². The number of fused-ring (bicyclic) bond motifs is 1. The van der Waals surface area contributed by atoms with Crippen LogP contribution in [0.4, 0.5) is 0 Å². The van der Waals surface area contributed by atoms with Crippen LogP contribution >= 0.6 is 7.82 Å². The lowest BCUT2D eigenvalue weighted by atomic mass is 9.89. The molecule has 2 unspecified atom stereocenters. The van der Waals surface area contributed by atoms with E-state index in [0.29, 0.717) is 25.2 Å². The lowest BCUT2D eigenvalue weighted by molar-refractivity contribution is 0.143. The first kappa shape index (κ1) is 13.6. The minimum absolute atomic E-state index is 0.455. The van der Waals surface area contributed by atoms with Crippen LogP contribution in [0.25, 0.3) is 0 Å². The molecule has 0 bridgehead atoms. The highest BCUT2D eigenvalue weighted by Crippen LogP contribution is 2.54. The molecule has 3 aliphatic rings. The van der Waals surface area contributed by atoms with E-state index in [1.54, 1.807) is 0 Å². The molecule has 2 saturated heterocycles. The van der Waals surface area contributed by atoms with Crippen LogP contribution in [-0.4, -0.2) is 37.7 Å². The van der Waals surface area contributed by atoms with Gasteiger partial charge in [-0.25, -0.2) is 4.57 Å². The van der Waals surface area contributed by atoms with Crippen LogP contribution in [0.3, 0.4) is 0 Å². The van der Waals surface area contributed by atoms with Gasteiger partial charge in [0.1, 0.15) is 5.76 Å². The molecule has 0 saturated carbocycles. The van der Waals surface area contributed by atoms with Crippen molar-refractivity contribution in [1.82, 2.24) is 4.90 Å². The molecule has 0 aromatic heterocycles. The Morgan fingerprint density at radius 1 is 1.37 bits per heavy atom. The van der Waals surface area contributed by atoms with Crippen LogP contribution in [0.1, 0.15) is 32.1 Å². The van der Waals surface area contributed by atoms with E-state index in [4.69, 9.17) is 13.6 Å². The van der Waals surface area contributed by atoms with Gasteiger partial charge in [-0.1, -0.05) is 0 Å². The Labute approximate surface area is 114 Å². The second-order valence-electron chi connectivity index (χ2n) is 5.62. The van der Waals surface area contributed by atoms with Gasteiger partial charge < -0.3 is 9.42 Å². The average Bonchev–Trinajstić information content (AvgIpc) is 2.62. The van der Waals surface area contributed by atoms with E-state index in [2.05, 4.69) is 18.0 Å². The summed E-state index contributed by atoms with van der Waals surface area (Å²) in [6.07, 6.45) is 6.88. The van der Waals surface area contributed by atoms with E-state index in [0.717, 1.165) is 38.0 Å². The fourth-order valence-electron chi connectivity index (χ4n) is 3.12. The summed E-state index contributed by atoms with van der Waals surface area (Å²) in [6.45, 7) is 2.05. The van der Waals surface area contributed by atoms with Gasteiger partial charge in [-0.05, 0) is 51.3 Å². The highest BCUT2D eigenvalue weighted by atomic mass is 31.2. The van der Waals surface area contributed by atoms with Gasteiger partial charge >= 0.3 is 7.82 Å². The third-order valence-electron chi connectivity index (χ3n) is 4.29. The fourth-order valence-corrected chi connectivity index (χ4v) is 4.44. The van der Waals surface area contributed by atoms with Crippen LogP contribution in [0, 0.1) is 5.92 Å². The quantitative estimate of drug-likeness (QED) is 0.731. The first-order valence-corrected chi connectivity index (χ1v) is 8.60. The minimum atomic E-state index is -3.37. The van der Waals surface area contributed by atoms with Crippen molar-refractivity contribution in [3.8, 4) is 0 Å². The van der Waals surface area contributed by atoms with Gasteiger partial charge in [-0.3, -0.25) is 9.05 Å². The molecule has 2 heterocycles. The van der Waals surface area contributed by atoms with E-state index < -0.39 is 7.82 Å². The van der Waals surface area contributed by atoms with Crippen molar-refractivity contribution >= 4 is 7.82 Å². The van der Waals surface area contributed by atoms with Crippen molar-refractivity contribution in [3.63, 3.8) is 0 Å². The Morgan fingerprint density at radius 2 is 2.11 bits per heavy atom. The van der Waals surface area contributed by atoms with Gasteiger partial charge in [0.05, 0.1) is 13.2 Å². The fraction of sp³-hybridized carbons (Fsp3) is 0.846. The lowest BCUT2D eigenvalue weighted by Crippen LogP contribution is -2.31. The van der Waals surface area contributed by atoms with Crippen molar-refractivity contribution in [2.24, 2.45) is 5.92 Å². The second kappa shape index (κ2) is 5.57. The largest absolute Gasteiger partial charge is 0.529 e. The number of hydrogen-bond donors (Lipinski definition) is 0. The molecule has 0 aromatic rings. The van der Waals surface area contributed by atoms with Crippen molar-refractivity contribution in [2.45, 2.75) is 38.1 Å². The predicted molar refractivity (Wildman–Crippen MR) is 71.7 cm³/mol. The highest BCUT2D eigenvalue weighted by Gasteiger charge is 2.38. The SMILES string of the molecule is CN1CCC2CC=C(OP3(=O)OCCCCO3)CC21. The van der Waals surface area contributed by atoms with Crippen molar-refractivity contribution in [3.05, 3.63) is 11.8 Å². The molecule has 0 N–H and O–H groups in total. The molecule has 0 aromatic carbocycles. The van der Waals surface area contributed by atoms with Gasteiger partial charge in [0.15, 0.2) is 0 Å². The van der Waals surface area contributed by atoms with Gasteiger partial charge in [0.2, 0.25) is 0 Å². The monoisotopic (exact) mass is 287 g/mol. The molecule has 0 radical (unpaired) electrons. The number of hydrogen-bond acceptors (Lipinski definition) is 5. The molecule has 0 amide bonds. The number of likely N-dealkylation sites (tertiary alicyclic amines) is 1. The maximum absolute atomic E-state index is 12.4. The second-order valence-corrected chi connectivity index (χ2v) is 7.21. The topological polar surface area (TPSA) is 48.0 Å². The summed E-state index contributed by atoms with van der Waals surface area (Å²) < 4.78 is 28.6. The summed E-state index contributed by atoms with van der Waals surface area (Å²) in [4.78, 5) is 2.37. The Kier molecular flexibility index (Phi) is 3.99. The van der Waals surface area contributed by atoms with E-state index in [9.17, 15) is 4.57 Å². The zero-order valence-corrected chi connectivity index (χ0v) is 12.3. The van der Waals surface area contributed by atoms with E-state index in [1.807, 2.05) is 0 Å². The number of phosphoric ester groups is 1. The molecule has 1 aliphatic carbocycles. The molecule has 19 heavy (non-hydrogen) atoms. The molecule has 0 spiro atoms. The molecule has 2 fully saturated rings. The summed E-state index contributed by atoms with van der Waals surface area (Å²) in [5.41, 5.74) is 0. The number of allylic oxidation sites excluding steroid dienone is 1. The first-order valence-electron chi connectivity index (χ1n) is 7.14. The molecule has 2 atom stereocenters. The number of rotatable bonds is 2. The van der Waals surface area contributed by atoms with Crippen LogP contribution in [-0.2, 0) is 18.1 Å². The summed E-state index contributed by atoms with van der Waals surface area (Å²) in [7, 11) is -1.22. The zero-order valence-electron chi connectivity index (χ0n) is 11.4. The maximum Gasteiger partial charge on any atom is 0.529 e. The van der Waals surface area contributed by atoms with Gasteiger partial charge in [-0.2, -0.15) is 0 Å². The van der Waals surface area contributed by atoms with Crippen LogP contribution in [0.15, 0.2) is 11.8 Å². The number of nitrogens with zero attached hydrogens (tertiary/aromatic N) is 1. The predicted octanol–water partition coefficient (Wildman–Crippen LogP) is 2.94. The standard InChI is InChI=1S/C13H22NO4P/c1-14-7-6-11-4-5-12(10-13(11)14)18-19(15)16-8-2-3-9-17-19/h5,11,13H,2-4,6-10H2,1H3. The van der Waals surface area contributed by atoms with Gasteiger partial charge in [-0.15, -0.1) is 0 Å². The molecule has 108 valence electrons. The minimum Gasteiger partial charge on any atom is -0.409 e. The van der Waals surface area contributed by atoms with Crippen LogP contribution in [0.2, 0.25) is 0 Å². The molecule has 5 nitrogen and oxygen atoms in total. The molecule has 3 rings (SSSR count). The third-order valence-corrected chi connectivity index (χ3v) is 5.74. The van der Waals surface area contributed by atoms with Crippen molar-refractivity contribution < 1.29 is 18.1 Å². The average molecular weight is 287 g/mol. The normalized spacial score (nSPS) is 35.3. The summed E-state index contributed by atoms with van der Waals surface area (Å²) in [5.74, 6) is 1.49.